The lowest BCUT2D eigenvalue weighted by atomic mass is 10.1. The van der Waals surface area contributed by atoms with Crippen LogP contribution in [0.4, 0.5) is 0 Å². The lowest BCUT2D eigenvalue weighted by molar-refractivity contribution is -0.127. The molecule has 2 aromatic carbocycles. The molecule has 0 aliphatic rings. The molecule has 0 aromatic heterocycles. The fourth-order valence-electron chi connectivity index (χ4n) is 2.19. The molecule has 0 aliphatic heterocycles. The average molecular weight is 382 g/mol. The summed E-state index contributed by atoms with van der Waals surface area (Å²) in [5.41, 5.74) is 0.805. The molecule has 1 N–H and O–H groups in total. The van der Waals surface area contributed by atoms with E-state index >= 15 is 0 Å². The summed E-state index contributed by atoms with van der Waals surface area (Å²) in [6.45, 7) is 3.48. The minimum Gasteiger partial charge on any atom is -0.481 e. The summed E-state index contributed by atoms with van der Waals surface area (Å²) < 4.78 is 28.5. The first-order chi connectivity index (χ1) is 11.7. The Morgan fingerprint density at radius 3 is 2.12 bits per heavy atom. The van der Waals surface area contributed by atoms with Gasteiger partial charge in [-0.1, -0.05) is 23.7 Å². The molecule has 5 nitrogen and oxygen atoms in total. The zero-order valence-corrected chi connectivity index (χ0v) is 15.8. The topological polar surface area (TPSA) is 72.5 Å². The van der Waals surface area contributed by atoms with Crippen LogP contribution in [0, 0.1) is 0 Å². The number of halogens is 1. The van der Waals surface area contributed by atoms with Crippen molar-refractivity contribution in [2.24, 2.45) is 0 Å². The predicted octanol–water partition coefficient (Wildman–Crippen LogP) is 3.39. The van der Waals surface area contributed by atoms with Gasteiger partial charge in [0.25, 0.3) is 5.91 Å². The number of carbonyl (C=O) groups excluding carboxylic acids is 1. The second-order valence-corrected chi connectivity index (χ2v) is 8.24. The summed E-state index contributed by atoms with van der Waals surface area (Å²) in [7, 11) is -3.24. The molecule has 1 amide bonds. The van der Waals surface area contributed by atoms with Gasteiger partial charge in [-0.15, -0.1) is 0 Å². The monoisotopic (exact) mass is 381 g/mol. The normalized spacial score (nSPS) is 13.8. The van der Waals surface area contributed by atoms with E-state index in [0.717, 1.165) is 11.8 Å². The summed E-state index contributed by atoms with van der Waals surface area (Å²) >= 11 is 5.81. The summed E-state index contributed by atoms with van der Waals surface area (Å²) in [4.78, 5) is 12.5. The highest BCUT2D eigenvalue weighted by molar-refractivity contribution is 7.90. The van der Waals surface area contributed by atoms with Crippen molar-refractivity contribution in [2.75, 3.05) is 6.26 Å². The van der Waals surface area contributed by atoms with E-state index in [-0.39, 0.29) is 16.8 Å². The van der Waals surface area contributed by atoms with Crippen molar-refractivity contribution in [3.63, 3.8) is 0 Å². The van der Waals surface area contributed by atoms with Gasteiger partial charge in [0.05, 0.1) is 10.9 Å². The van der Waals surface area contributed by atoms with Crippen LogP contribution in [0.3, 0.4) is 0 Å². The SMILES string of the molecule is C[C@H](Oc1ccc(Cl)cc1)C(=O)N[C@@H](C)c1ccc(S(C)(=O)=O)cc1. The molecule has 7 heteroatoms. The van der Waals surface area contributed by atoms with Gasteiger partial charge in [-0.25, -0.2) is 8.42 Å². The fraction of sp³-hybridized carbons (Fsp3) is 0.278. The summed E-state index contributed by atoms with van der Waals surface area (Å²) in [5, 5.41) is 3.44. The third-order valence-electron chi connectivity index (χ3n) is 3.66. The van der Waals surface area contributed by atoms with Crippen LogP contribution in [0.25, 0.3) is 0 Å². The highest BCUT2D eigenvalue weighted by Gasteiger charge is 2.18. The predicted molar refractivity (Wildman–Crippen MR) is 97.7 cm³/mol. The number of ether oxygens (including phenoxy) is 1. The van der Waals surface area contributed by atoms with E-state index in [1.165, 1.54) is 12.1 Å². The zero-order chi connectivity index (χ0) is 18.6. The number of nitrogens with one attached hydrogen (secondary N) is 1. The molecule has 0 heterocycles. The average Bonchev–Trinajstić information content (AvgIpc) is 2.56. The first kappa shape index (κ1) is 19.3. The Morgan fingerprint density at radius 1 is 1.04 bits per heavy atom. The number of amides is 1. The lowest BCUT2D eigenvalue weighted by Gasteiger charge is -2.19. The standard InChI is InChI=1S/C18H20ClNO4S/c1-12(14-4-10-17(11-5-14)25(3,22)23)20-18(21)13(2)24-16-8-6-15(19)7-9-16/h4-13H,1-3H3,(H,20,21)/t12-,13-/m0/s1. The van der Waals surface area contributed by atoms with E-state index in [1.807, 2.05) is 6.92 Å². The number of hydrogen-bond acceptors (Lipinski definition) is 4. The van der Waals surface area contributed by atoms with Crippen molar-refractivity contribution < 1.29 is 17.9 Å². The number of rotatable bonds is 6. The van der Waals surface area contributed by atoms with E-state index in [1.54, 1.807) is 43.3 Å². The highest BCUT2D eigenvalue weighted by Crippen LogP contribution is 2.18. The van der Waals surface area contributed by atoms with Crippen LogP contribution in [-0.4, -0.2) is 26.7 Å². The van der Waals surface area contributed by atoms with Gasteiger partial charge in [0.1, 0.15) is 5.75 Å². The second kappa shape index (κ2) is 7.89. The van der Waals surface area contributed by atoms with E-state index in [9.17, 15) is 13.2 Å². The van der Waals surface area contributed by atoms with Crippen LogP contribution < -0.4 is 10.1 Å². The Kier molecular flexibility index (Phi) is 6.08. The maximum absolute atomic E-state index is 12.3. The molecule has 2 aromatic rings. The van der Waals surface area contributed by atoms with Gasteiger partial charge < -0.3 is 10.1 Å². The van der Waals surface area contributed by atoms with Crippen molar-refractivity contribution in [3.05, 3.63) is 59.1 Å². The Labute approximate surface area is 152 Å². The summed E-state index contributed by atoms with van der Waals surface area (Å²) in [5.74, 6) is 0.284. The number of benzene rings is 2. The Bertz CT molecular complexity index is 832. The van der Waals surface area contributed by atoms with Gasteiger partial charge in [-0.05, 0) is 55.8 Å². The van der Waals surface area contributed by atoms with E-state index in [2.05, 4.69) is 5.32 Å². The van der Waals surface area contributed by atoms with Crippen LogP contribution in [0.15, 0.2) is 53.4 Å². The Morgan fingerprint density at radius 2 is 1.60 bits per heavy atom. The van der Waals surface area contributed by atoms with Gasteiger partial charge >= 0.3 is 0 Å². The molecule has 2 rings (SSSR count). The minimum absolute atomic E-state index is 0.245. The fourth-order valence-corrected chi connectivity index (χ4v) is 2.95. The zero-order valence-electron chi connectivity index (χ0n) is 14.2. The number of carbonyl (C=O) groups is 1. The van der Waals surface area contributed by atoms with E-state index in [4.69, 9.17) is 16.3 Å². The molecule has 0 unspecified atom stereocenters. The van der Waals surface area contributed by atoms with Crippen LogP contribution in [0.5, 0.6) is 5.75 Å². The largest absolute Gasteiger partial charge is 0.481 e. The molecule has 0 bridgehead atoms. The van der Waals surface area contributed by atoms with Crippen LogP contribution >= 0.6 is 11.6 Å². The van der Waals surface area contributed by atoms with Gasteiger partial charge in [0.15, 0.2) is 15.9 Å². The third-order valence-corrected chi connectivity index (χ3v) is 5.04. The van der Waals surface area contributed by atoms with Crippen molar-refractivity contribution in [2.45, 2.75) is 30.9 Å². The van der Waals surface area contributed by atoms with Crippen molar-refractivity contribution >= 4 is 27.3 Å². The Balaban J connectivity index is 1.97. The molecule has 0 fully saturated rings. The van der Waals surface area contributed by atoms with E-state index in [0.29, 0.717) is 10.8 Å². The van der Waals surface area contributed by atoms with Crippen LogP contribution in [0.2, 0.25) is 5.02 Å². The van der Waals surface area contributed by atoms with Gasteiger partial charge in [-0.2, -0.15) is 0 Å². The number of hydrogen-bond donors (Lipinski definition) is 1. The molecule has 2 atom stereocenters. The minimum atomic E-state index is -3.24. The van der Waals surface area contributed by atoms with E-state index < -0.39 is 15.9 Å². The summed E-state index contributed by atoms with van der Waals surface area (Å²) in [6, 6.07) is 12.9. The highest BCUT2D eigenvalue weighted by atomic mass is 35.5. The van der Waals surface area contributed by atoms with Gasteiger partial charge in [0.2, 0.25) is 0 Å². The van der Waals surface area contributed by atoms with Gasteiger partial charge in [-0.3, -0.25) is 4.79 Å². The molecule has 0 spiro atoms. The van der Waals surface area contributed by atoms with Crippen molar-refractivity contribution in [1.29, 1.82) is 0 Å². The molecule has 0 saturated heterocycles. The molecule has 134 valence electrons. The maximum atomic E-state index is 12.3. The molecular formula is C18H20ClNO4S. The molecule has 25 heavy (non-hydrogen) atoms. The molecule has 0 aliphatic carbocycles. The number of sulfone groups is 1. The first-order valence-electron chi connectivity index (χ1n) is 7.69. The van der Waals surface area contributed by atoms with Crippen molar-refractivity contribution in [3.8, 4) is 5.75 Å². The quantitative estimate of drug-likeness (QED) is 0.832. The van der Waals surface area contributed by atoms with Crippen LogP contribution in [-0.2, 0) is 14.6 Å². The van der Waals surface area contributed by atoms with Gasteiger partial charge in [0, 0.05) is 11.3 Å². The lowest BCUT2D eigenvalue weighted by Crippen LogP contribution is -2.37. The second-order valence-electron chi connectivity index (χ2n) is 5.79. The third kappa shape index (κ3) is 5.47. The summed E-state index contributed by atoms with van der Waals surface area (Å²) in [6.07, 6.45) is 0.474. The smallest absolute Gasteiger partial charge is 0.261 e. The molecule has 0 saturated carbocycles. The Hall–Kier alpha value is -2.05. The van der Waals surface area contributed by atoms with Crippen LogP contribution in [0.1, 0.15) is 25.5 Å². The molecular weight excluding hydrogens is 362 g/mol. The first-order valence-corrected chi connectivity index (χ1v) is 9.96. The molecule has 0 radical (unpaired) electrons. The maximum Gasteiger partial charge on any atom is 0.261 e. The van der Waals surface area contributed by atoms with Crippen molar-refractivity contribution in [1.82, 2.24) is 5.32 Å².